The van der Waals surface area contributed by atoms with Gasteiger partial charge in [-0.15, -0.1) is 12.4 Å². The van der Waals surface area contributed by atoms with Crippen LogP contribution in [-0.4, -0.2) is 17.0 Å². The highest BCUT2D eigenvalue weighted by Crippen LogP contribution is 1.56. The Balaban J connectivity index is 0. The third kappa shape index (κ3) is 3.38. The number of hydrazine groups is 1. The van der Waals surface area contributed by atoms with Gasteiger partial charge in [-0.05, 0) is 0 Å². The van der Waals surface area contributed by atoms with E-state index < -0.39 is 11.9 Å². The lowest BCUT2D eigenvalue weighted by atomic mass is 10.7. The summed E-state index contributed by atoms with van der Waals surface area (Å²) in [5.74, 6) is 1.60. The van der Waals surface area contributed by atoms with Crippen molar-refractivity contribution in [3.8, 4) is 0 Å². The van der Waals surface area contributed by atoms with Gasteiger partial charge >= 0.3 is 11.9 Å². The second-order valence-corrected chi connectivity index (χ2v) is 0.779. The van der Waals surface area contributed by atoms with Gasteiger partial charge in [0.15, 0.2) is 0 Å². The van der Waals surface area contributed by atoms with Crippen LogP contribution < -0.4 is 11.3 Å². The largest absolute Gasteiger partial charge is 0.474 e. The molecule has 0 aromatic heterocycles. The van der Waals surface area contributed by atoms with Gasteiger partial charge in [-0.25, -0.2) is 10.6 Å². The zero-order valence-electron chi connectivity index (χ0n) is 3.75. The average Bonchev–Trinajstić information content (AvgIpc) is 1.65. The molecule has 0 saturated carbocycles. The van der Waals surface area contributed by atoms with Gasteiger partial charge in [-0.1, -0.05) is 0 Å². The van der Waals surface area contributed by atoms with Crippen molar-refractivity contribution in [1.82, 2.24) is 5.43 Å². The summed E-state index contributed by atoms with van der Waals surface area (Å²) in [5, 5.41) is 7.69. The average molecular weight is 141 g/mol. The first-order valence-corrected chi connectivity index (χ1v) is 1.42. The Bertz CT molecular complexity index is 103. The van der Waals surface area contributed by atoms with Crippen molar-refractivity contribution in [3.05, 3.63) is 0 Å². The van der Waals surface area contributed by atoms with Crippen LogP contribution in [0.25, 0.3) is 0 Å². The molecule has 8 heavy (non-hydrogen) atoms. The standard InChI is InChI=1S/C2H4N2O3.ClH/c3-4-1(5)2(6)7;/h3H2,(H,4,5)(H,6,7);1H. The van der Waals surface area contributed by atoms with Gasteiger partial charge in [0.1, 0.15) is 0 Å². The van der Waals surface area contributed by atoms with Crippen LogP contribution in [0.1, 0.15) is 0 Å². The third-order valence-corrected chi connectivity index (χ3v) is 0.325. The molecule has 48 valence electrons. The first-order chi connectivity index (χ1) is 3.18. The summed E-state index contributed by atoms with van der Waals surface area (Å²) in [6.45, 7) is 0. The molecule has 4 N–H and O–H groups in total. The highest BCUT2D eigenvalue weighted by Gasteiger charge is 2.05. The maximum absolute atomic E-state index is 9.68. The maximum atomic E-state index is 9.68. The zero-order chi connectivity index (χ0) is 5.86. The maximum Gasteiger partial charge on any atom is 0.395 e. The molecule has 0 fully saturated rings. The lowest BCUT2D eigenvalue weighted by molar-refractivity contribution is -0.150. The number of rotatable bonds is 0. The molecule has 0 aliphatic heterocycles. The van der Waals surface area contributed by atoms with Gasteiger partial charge in [0.2, 0.25) is 0 Å². The molecule has 0 spiro atoms. The fourth-order valence-electron chi connectivity index (χ4n) is 0.0617. The second-order valence-electron chi connectivity index (χ2n) is 0.779. The normalized spacial score (nSPS) is 6.62. The van der Waals surface area contributed by atoms with Crippen LogP contribution in [0, 0.1) is 0 Å². The molecule has 0 aliphatic carbocycles. The van der Waals surface area contributed by atoms with Crippen molar-refractivity contribution >= 4 is 24.3 Å². The second kappa shape index (κ2) is 4.35. The molecule has 0 radical (unpaired) electrons. The number of hydrogen-bond donors (Lipinski definition) is 3. The molecule has 0 rings (SSSR count). The third-order valence-electron chi connectivity index (χ3n) is 0.325. The number of hydrogen-bond acceptors (Lipinski definition) is 3. The molecule has 0 heterocycles. The van der Waals surface area contributed by atoms with Gasteiger partial charge in [0, 0.05) is 0 Å². The van der Waals surface area contributed by atoms with Gasteiger partial charge in [-0.2, -0.15) is 0 Å². The van der Waals surface area contributed by atoms with Gasteiger partial charge in [0.05, 0.1) is 0 Å². The van der Waals surface area contributed by atoms with Gasteiger partial charge in [0.25, 0.3) is 0 Å². The molecular formula is C2H5ClN2O3. The topological polar surface area (TPSA) is 92.4 Å². The summed E-state index contributed by atoms with van der Waals surface area (Å²) in [4.78, 5) is 19.1. The van der Waals surface area contributed by atoms with Crippen LogP contribution in [0.4, 0.5) is 0 Å². The fourth-order valence-corrected chi connectivity index (χ4v) is 0.0617. The number of aliphatic carboxylic acids is 1. The molecule has 0 aliphatic rings. The summed E-state index contributed by atoms with van der Waals surface area (Å²) in [5.41, 5.74) is 1.43. The van der Waals surface area contributed by atoms with Crippen molar-refractivity contribution < 1.29 is 14.7 Å². The van der Waals surface area contributed by atoms with E-state index in [4.69, 9.17) is 5.11 Å². The number of amides is 1. The van der Waals surface area contributed by atoms with Crippen LogP contribution in [0.15, 0.2) is 0 Å². The Hall–Kier alpha value is -0.810. The zero-order valence-corrected chi connectivity index (χ0v) is 4.57. The Morgan fingerprint density at radius 2 is 1.88 bits per heavy atom. The monoisotopic (exact) mass is 140 g/mol. The van der Waals surface area contributed by atoms with Gasteiger partial charge < -0.3 is 5.11 Å². The van der Waals surface area contributed by atoms with E-state index in [9.17, 15) is 9.59 Å². The Kier molecular flexibility index (Phi) is 5.56. The first kappa shape index (κ1) is 10.2. The molecule has 0 unspecified atom stereocenters. The first-order valence-electron chi connectivity index (χ1n) is 1.42. The van der Waals surface area contributed by atoms with Crippen LogP contribution in [0.5, 0.6) is 0 Å². The molecule has 5 nitrogen and oxygen atoms in total. The van der Waals surface area contributed by atoms with Crippen LogP contribution >= 0.6 is 12.4 Å². The van der Waals surface area contributed by atoms with E-state index in [0.29, 0.717) is 0 Å². The molecule has 1 amide bonds. The molecule has 0 aromatic rings. The van der Waals surface area contributed by atoms with Crippen LogP contribution in [0.2, 0.25) is 0 Å². The van der Waals surface area contributed by atoms with E-state index in [0.717, 1.165) is 0 Å². The number of nitrogens with two attached hydrogens (primary N) is 1. The molecular weight excluding hydrogens is 135 g/mol. The predicted molar refractivity (Wildman–Crippen MR) is 27.2 cm³/mol. The Labute approximate surface area is 51.2 Å². The summed E-state index contributed by atoms with van der Waals surface area (Å²) in [6, 6.07) is 0. The molecule has 6 heteroatoms. The number of halogens is 1. The summed E-state index contributed by atoms with van der Waals surface area (Å²) >= 11 is 0. The molecule has 0 atom stereocenters. The van der Waals surface area contributed by atoms with Crippen molar-refractivity contribution in [2.45, 2.75) is 0 Å². The van der Waals surface area contributed by atoms with Gasteiger partial charge in [-0.3, -0.25) is 10.2 Å². The van der Waals surface area contributed by atoms with Crippen molar-refractivity contribution in [2.24, 2.45) is 5.84 Å². The van der Waals surface area contributed by atoms with Crippen LogP contribution in [-0.2, 0) is 9.59 Å². The van der Waals surface area contributed by atoms with E-state index in [-0.39, 0.29) is 12.4 Å². The Morgan fingerprint density at radius 3 is 1.88 bits per heavy atom. The SMILES string of the molecule is Cl.NNC(=O)C(=O)O. The summed E-state index contributed by atoms with van der Waals surface area (Å²) in [7, 11) is 0. The minimum absolute atomic E-state index is 0. The number of carboxylic acid groups (broad SMARTS) is 1. The number of carbonyl (C=O) groups excluding carboxylic acids is 1. The molecule has 0 bridgehead atoms. The lowest BCUT2D eigenvalue weighted by Crippen LogP contribution is -2.35. The molecule has 0 saturated heterocycles. The number of nitrogens with one attached hydrogen (secondary N) is 1. The summed E-state index contributed by atoms with van der Waals surface area (Å²) in [6.07, 6.45) is 0. The van der Waals surface area contributed by atoms with Crippen LogP contribution in [0.3, 0.4) is 0 Å². The minimum Gasteiger partial charge on any atom is -0.474 e. The highest BCUT2D eigenvalue weighted by molar-refractivity contribution is 6.31. The van der Waals surface area contributed by atoms with E-state index in [1.54, 1.807) is 0 Å². The smallest absolute Gasteiger partial charge is 0.395 e. The van der Waals surface area contributed by atoms with E-state index in [1.165, 1.54) is 5.43 Å². The predicted octanol–water partition coefficient (Wildman–Crippen LogP) is -1.52. The van der Waals surface area contributed by atoms with E-state index >= 15 is 0 Å². The lowest BCUT2D eigenvalue weighted by Gasteiger charge is -1.85. The van der Waals surface area contributed by atoms with E-state index in [2.05, 4.69) is 5.84 Å². The minimum atomic E-state index is -1.58. The summed E-state index contributed by atoms with van der Waals surface area (Å²) < 4.78 is 0. The number of carboxylic acids is 1. The van der Waals surface area contributed by atoms with E-state index in [1.807, 2.05) is 0 Å². The Morgan fingerprint density at radius 1 is 1.50 bits per heavy atom. The van der Waals surface area contributed by atoms with Crippen molar-refractivity contribution in [2.75, 3.05) is 0 Å². The molecule has 0 aromatic carbocycles. The quantitative estimate of drug-likeness (QED) is 0.165. The highest BCUT2D eigenvalue weighted by atomic mass is 35.5. The van der Waals surface area contributed by atoms with Crippen molar-refractivity contribution in [3.63, 3.8) is 0 Å². The fraction of sp³-hybridized carbons (Fsp3) is 0. The van der Waals surface area contributed by atoms with Crippen molar-refractivity contribution in [1.29, 1.82) is 0 Å². The number of carbonyl (C=O) groups is 2.